The SMILES string of the molecule is Fc1cnc2ncc(Cl)nc2c1. The number of pyridine rings is 1. The van der Waals surface area contributed by atoms with Crippen molar-refractivity contribution in [3.63, 3.8) is 0 Å². The normalized spacial score (nSPS) is 10.5. The average molecular weight is 184 g/mol. The van der Waals surface area contributed by atoms with Crippen LogP contribution in [0.15, 0.2) is 18.5 Å². The van der Waals surface area contributed by atoms with E-state index in [2.05, 4.69) is 15.0 Å². The van der Waals surface area contributed by atoms with E-state index in [4.69, 9.17) is 11.6 Å². The number of fused-ring (bicyclic) bond motifs is 1. The standard InChI is InChI=1S/C7H3ClFN3/c8-6-3-11-7-5(12-6)1-4(9)2-10-7/h1-3H. The van der Waals surface area contributed by atoms with Crippen molar-refractivity contribution >= 4 is 22.8 Å². The van der Waals surface area contributed by atoms with Crippen LogP contribution >= 0.6 is 11.6 Å². The molecule has 0 N–H and O–H groups in total. The molecule has 0 bridgehead atoms. The number of halogens is 2. The predicted molar refractivity (Wildman–Crippen MR) is 42.3 cm³/mol. The Morgan fingerprint density at radius 1 is 1.25 bits per heavy atom. The summed E-state index contributed by atoms with van der Waals surface area (Å²) in [6.07, 6.45) is 2.46. The maximum absolute atomic E-state index is 12.6. The van der Waals surface area contributed by atoms with E-state index in [0.717, 1.165) is 6.20 Å². The van der Waals surface area contributed by atoms with Gasteiger partial charge in [-0.05, 0) is 0 Å². The molecule has 0 saturated carbocycles. The zero-order chi connectivity index (χ0) is 8.55. The first-order valence-corrected chi connectivity index (χ1v) is 3.57. The van der Waals surface area contributed by atoms with Crippen LogP contribution in [0.3, 0.4) is 0 Å². The Kier molecular flexibility index (Phi) is 1.62. The van der Waals surface area contributed by atoms with Crippen LogP contribution in [0.4, 0.5) is 4.39 Å². The van der Waals surface area contributed by atoms with Crippen LogP contribution in [0.5, 0.6) is 0 Å². The molecule has 0 saturated heterocycles. The topological polar surface area (TPSA) is 38.7 Å². The van der Waals surface area contributed by atoms with Crippen LogP contribution in [0.25, 0.3) is 11.2 Å². The van der Waals surface area contributed by atoms with Gasteiger partial charge in [0.25, 0.3) is 0 Å². The molecule has 0 aliphatic carbocycles. The second-order valence-electron chi connectivity index (χ2n) is 2.19. The summed E-state index contributed by atoms with van der Waals surface area (Å²) in [7, 11) is 0. The van der Waals surface area contributed by atoms with Crippen molar-refractivity contribution in [2.24, 2.45) is 0 Å². The quantitative estimate of drug-likeness (QED) is 0.625. The molecule has 2 heterocycles. The third kappa shape index (κ3) is 1.21. The van der Waals surface area contributed by atoms with Gasteiger partial charge in [0.2, 0.25) is 0 Å². The van der Waals surface area contributed by atoms with Gasteiger partial charge in [-0.3, -0.25) is 0 Å². The van der Waals surface area contributed by atoms with E-state index in [1.807, 2.05) is 0 Å². The Morgan fingerprint density at radius 3 is 2.83 bits per heavy atom. The molecule has 0 radical (unpaired) electrons. The molecule has 0 aliphatic heterocycles. The number of hydrogen-bond donors (Lipinski definition) is 0. The van der Waals surface area contributed by atoms with E-state index >= 15 is 0 Å². The highest BCUT2D eigenvalue weighted by molar-refractivity contribution is 6.29. The molecule has 3 nitrogen and oxygen atoms in total. The molecule has 2 aromatic heterocycles. The molecule has 0 amide bonds. The van der Waals surface area contributed by atoms with Crippen LogP contribution in [-0.4, -0.2) is 15.0 Å². The molecule has 60 valence electrons. The highest BCUT2D eigenvalue weighted by Gasteiger charge is 1.99. The van der Waals surface area contributed by atoms with Gasteiger partial charge in [0, 0.05) is 6.07 Å². The second kappa shape index (κ2) is 2.64. The summed E-state index contributed by atoms with van der Waals surface area (Å²) in [6.45, 7) is 0. The van der Waals surface area contributed by atoms with E-state index in [1.165, 1.54) is 12.3 Å². The fourth-order valence-corrected chi connectivity index (χ4v) is 1.00. The van der Waals surface area contributed by atoms with Crippen molar-refractivity contribution in [3.05, 3.63) is 29.4 Å². The van der Waals surface area contributed by atoms with Crippen molar-refractivity contribution in [2.45, 2.75) is 0 Å². The Bertz CT molecular complexity index is 395. The Morgan fingerprint density at radius 2 is 2.00 bits per heavy atom. The maximum atomic E-state index is 12.6. The molecule has 0 spiro atoms. The molecule has 0 atom stereocenters. The lowest BCUT2D eigenvalue weighted by Crippen LogP contribution is -1.88. The first-order chi connectivity index (χ1) is 5.75. The van der Waals surface area contributed by atoms with Crippen LogP contribution in [0.1, 0.15) is 0 Å². The van der Waals surface area contributed by atoms with E-state index in [1.54, 1.807) is 0 Å². The van der Waals surface area contributed by atoms with Crippen LogP contribution < -0.4 is 0 Å². The van der Waals surface area contributed by atoms with Crippen LogP contribution in [-0.2, 0) is 0 Å². The largest absolute Gasteiger partial charge is 0.232 e. The summed E-state index contributed by atoms with van der Waals surface area (Å²) in [4.78, 5) is 11.4. The fourth-order valence-electron chi connectivity index (χ4n) is 0.861. The molecule has 0 aliphatic rings. The van der Waals surface area contributed by atoms with E-state index in [9.17, 15) is 4.39 Å². The lowest BCUT2D eigenvalue weighted by atomic mass is 10.4. The fraction of sp³-hybridized carbons (Fsp3) is 0. The van der Waals surface area contributed by atoms with Crippen molar-refractivity contribution < 1.29 is 4.39 Å². The third-order valence-corrected chi connectivity index (χ3v) is 1.52. The highest BCUT2D eigenvalue weighted by Crippen LogP contribution is 2.10. The van der Waals surface area contributed by atoms with Crippen molar-refractivity contribution in [2.75, 3.05) is 0 Å². The third-order valence-electron chi connectivity index (χ3n) is 1.33. The molecule has 2 rings (SSSR count). The summed E-state index contributed by atoms with van der Waals surface area (Å²) >= 11 is 5.55. The van der Waals surface area contributed by atoms with Gasteiger partial charge < -0.3 is 0 Å². The average Bonchev–Trinajstić information content (AvgIpc) is 2.03. The molecule has 0 fully saturated rings. The summed E-state index contributed by atoms with van der Waals surface area (Å²) in [5.74, 6) is -0.445. The van der Waals surface area contributed by atoms with Gasteiger partial charge in [0.1, 0.15) is 16.5 Å². The van der Waals surface area contributed by atoms with E-state index in [-0.39, 0.29) is 5.15 Å². The summed E-state index contributed by atoms with van der Waals surface area (Å²) in [6, 6.07) is 1.24. The van der Waals surface area contributed by atoms with Crippen molar-refractivity contribution in [3.8, 4) is 0 Å². The van der Waals surface area contributed by atoms with Gasteiger partial charge >= 0.3 is 0 Å². The maximum Gasteiger partial charge on any atom is 0.178 e. The monoisotopic (exact) mass is 183 g/mol. The number of hydrogen-bond acceptors (Lipinski definition) is 3. The van der Waals surface area contributed by atoms with Gasteiger partial charge in [-0.25, -0.2) is 19.3 Å². The molecular formula is C7H3ClFN3. The first-order valence-electron chi connectivity index (χ1n) is 3.19. The van der Waals surface area contributed by atoms with Gasteiger partial charge in [0.15, 0.2) is 5.65 Å². The molecule has 0 unspecified atom stereocenters. The number of nitrogens with zero attached hydrogens (tertiary/aromatic N) is 3. The zero-order valence-corrected chi connectivity index (χ0v) is 6.59. The first kappa shape index (κ1) is 7.36. The number of aromatic nitrogens is 3. The van der Waals surface area contributed by atoms with Gasteiger partial charge in [-0.2, -0.15) is 0 Å². The number of rotatable bonds is 0. The van der Waals surface area contributed by atoms with Crippen molar-refractivity contribution in [1.29, 1.82) is 0 Å². The highest BCUT2D eigenvalue weighted by atomic mass is 35.5. The van der Waals surface area contributed by atoms with Gasteiger partial charge in [-0.15, -0.1) is 0 Å². The van der Waals surface area contributed by atoms with E-state index < -0.39 is 5.82 Å². The Labute approximate surface area is 72.2 Å². The van der Waals surface area contributed by atoms with Crippen LogP contribution in [0.2, 0.25) is 5.15 Å². The Balaban J connectivity index is 2.80. The zero-order valence-electron chi connectivity index (χ0n) is 5.83. The lowest BCUT2D eigenvalue weighted by Gasteiger charge is -1.94. The van der Waals surface area contributed by atoms with Gasteiger partial charge in [-0.1, -0.05) is 11.6 Å². The minimum Gasteiger partial charge on any atom is -0.232 e. The molecule has 12 heavy (non-hydrogen) atoms. The van der Waals surface area contributed by atoms with Crippen molar-refractivity contribution in [1.82, 2.24) is 15.0 Å². The molecule has 0 aromatic carbocycles. The lowest BCUT2D eigenvalue weighted by molar-refractivity contribution is 0.623. The Hall–Kier alpha value is -1.29. The molecular weight excluding hydrogens is 181 g/mol. The summed E-state index contributed by atoms with van der Waals surface area (Å²) in [5, 5.41) is 0.231. The smallest absolute Gasteiger partial charge is 0.178 e. The summed E-state index contributed by atoms with van der Waals surface area (Å²) < 4.78 is 12.6. The predicted octanol–water partition coefficient (Wildman–Crippen LogP) is 1.82. The second-order valence-corrected chi connectivity index (χ2v) is 2.58. The van der Waals surface area contributed by atoms with Gasteiger partial charge in [0.05, 0.1) is 12.4 Å². The summed E-state index contributed by atoms with van der Waals surface area (Å²) in [5.41, 5.74) is 0.753. The van der Waals surface area contributed by atoms with Crippen LogP contribution in [0, 0.1) is 5.82 Å². The molecule has 5 heteroatoms. The molecule has 2 aromatic rings. The minimum atomic E-state index is -0.445. The minimum absolute atomic E-state index is 0.231. The van der Waals surface area contributed by atoms with E-state index in [0.29, 0.717) is 11.2 Å².